The van der Waals surface area contributed by atoms with Crippen LogP contribution in [0.1, 0.15) is 11.1 Å². The summed E-state index contributed by atoms with van der Waals surface area (Å²) in [4.78, 5) is 16.2. The summed E-state index contributed by atoms with van der Waals surface area (Å²) in [6.45, 7) is 0. The molecule has 0 radical (unpaired) electrons. The van der Waals surface area contributed by atoms with E-state index in [-0.39, 0.29) is 22.2 Å². The summed E-state index contributed by atoms with van der Waals surface area (Å²) in [5.74, 6) is -0.565. The molecule has 1 fully saturated rings. The summed E-state index contributed by atoms with van der Waals surface area (Å²) in [6, 6.07) is 9.06. The lowest BCUT2D eigenvalue weighted by molar-refractivity contribution is -0.137. The standard InChI is InChI=1S/C17H11Cl2F3N2O2S/c18-12-5-4-11(8-13(12)19)23-16-24-15(25)14(27(16)26)7-9-2-1-3-10(6-9)17(20,21)22/h1-6,8,14H,7H2,(H,23,24,25). The Morgan fingerprint density at radius 3 is 2.56 bits per heavy atom. The summed E-state index contributed by atoms with van der Waals surface area (Å²) >= 11 is 9.88. The highest BCUT2D eigenvalue weighted by molar-refractivity contribution is 8.08. The predicted octanol–water partition coefficient (Wildman–Crippen LogP) is 4.49. The van der Waals surface area contributed by atoms with Crippen molar-refractivity contribution in [2.45, 2.75) is 17.8 Å². The molecule has 142 valence electrons. The molecule has 4 nitrogen and oxygen atoms in total. The van der Waals surface area contributed by atoms with Gasteiger partial charge in [0.1, 0.15) is 0 Å². The minimum atomic E-state index is -4.49. The molecule has 1 N–H and O–H groups in total. The molecule has 1 saturated heterocycles. The molecule has 0 bridgehead atoms. The number of rotatable bonds is 3. The number of halogens is 5. The van der Waals surface area contributed by atoms with Gasteiger partial charge in [0.2, 0.25) is 5.25 Å². The number of nitrogens with zero attached hydrogens (tertiary/aromatic N) is 1. The van der Waals surface area contributed by atoms with E-state index in [9.17, 15) is 22.5 Å². The highest BCUT2D eigenvalue weighted by Crippen LogP contribution is 2.31. The quantitative estimate of drug-likeness (QED) is 0.723. The van der Waals surface area contributed by atoms with Gasteiger partial charge in [-0.15, -0.1) is 0 Å². The smallest absolute Gasteiger partial charge is 0.416 e. The minimum absolute atomic E-state index is 0.0737. The maximum absolute atomic E-state index is 12.8. The number of nitrogens with one attached hydrogen (secondary N) is 1. The second-order valence-corrected chi connectivity index (χ2v) is 8.06. The Labute approximate surface area is 165 Å². The van der Waals surface area contributed by atoms with Gasteiger partial charge in [-0.25, -0.2) is 0 Å². The Hall–Kier alpha value is -1.74. The monoisotopic (exact) mass is 434 g/mol. The van der Waals surface area contributed by atoms with Gasteiger partial charge in [0.05, 0.1) is 21.3 Å². The van der Waals surface area contributed by atoms with Gasteiger partial charge in [0, 0.05) is 17.6 Å². The molecular weight excluding hydrogens is 424 g/mol. The summed E-state index contributed by atoms with van der Waals surface area (Å²) in [5.41, 5.74) is -0.226. The third-order valence-electron chi connectivity index (χ3n) is 3.78. The van der Waals surface area contributed by atoms with Crippen LogP contribution in [-0.2, 0) is 28.6 Å². The fraction of sp³-hybridized carbons (Fsp3) is 0.176. The molecular formula is C17H11Cl2F3N2O2S. The number of aliphatic imine (C=N–C) groups is 1. The van der Waals surface area contributed by atoms with Crippen LogP contribution >= 0.6 is 23.2 Å². The first-order valence-corrected chi connectivity index (χ1v) is 9.53. The Bertz CT molecular complexity index is 921. The van der Waals surface area contributed by atoms with Gasteiger partial charge in [-0.3, -0.25) is 10.1 Å². The largest absolute Gasteiger partial charge is 0.608 e. The molecule has 2 unspecified atom stereocenters. The van der Waals surface area contributed by atoms with Gasteiger partial charge >= 0.3 is 11.3 Å². The normalized spacial score (nSPS) is 21.6. The average molecular weight is 435 g/mol. The average Bonchev–Trinajstić information content (AvgIpc) is 2.85. The van der Waals surface area contributed by atoms with Crippen LogP contribution in [0.3, 0.4) is 0 Å². The lowest BCUT2D eigenvalue weighted by Gasteiger charge is -2.12. The third kappa shape index (κ3) is 4.57. The molecule has 27 heavy (non-hydrogen) atoms. The van der Waals surface area contributed by atoms with Crippen molar-refractivity contribution in [3.8, 4) is 0 Å². The molecule has 0 saturated carbocycles. The van der Waals surface area contributed by atoms with Crippen LogP contribution in [0, 0.1) is 0 Å². The molecule has 10 heteroatoms. The van der Waals surface area contributed by atoms with Crippen LogP contribution in [0.2, 0.25) is 10.0 Å². The summed E-state index contributed by atoms with van der Waals surface area (Å²) in [6.07, 6.45) is -4.60. The maximum atomic E-state index is 12.8. The molecule has 3 rings (SSSR count). The van der Waals surface area contributed by atoms with Gasteiger partial charge in [-0.05, 0) is 29.8 Å². The van der Waals surface area contributed by atoms with Crippen LogP contribution in [0.5, 0.6) is 0 Å². The molecule has 2 aromatic carbocycles. The number of hydrogen-bond donors (Lipinski definition) is 1. The van der Waals surface area contributed by atoms with E-state index in [0.29, 0.717) is 10.7 Å². The van der Waals surface area contributed by atoms with E-state index in [2.05, 4.69) is 10.3 Å². The topological polar surface area (TPSA) is 64.5 Å². The minimum Gasteiger partial charge on any atom is -0.608 e. The van der Waals surface area contributed by atoms with Crippen LogP contribution in [0.15, 0.2) is 47.5 Å². The van der Waals surface area contributed by atoms with Gasteiger partial charge in [0.15, 0.2) is 0 Å². The molecule has 2 atom stereocenters. The number of amides is 1. The molecule has 0 aromatic heterocycles. The molecule has 0 spiro atoms. The number of amidine groups is 1. The summed E-state index contributed by atoms with van der Waals surface area (Å²) in [7, 11) is 0. The van der Waals surface area contributed by atoms with E-state index in [4.69, 9.17) is 23.2 Å². The van der Waals surface area contributed by atoms with Gasteiger partial charge < -0.3 is 4.55 Å². The molecule has 2 aromatic rings. The Kier molecular flexibility index (Phi) is 5.71. The van der Waals surface area contributed by atoms with E-state index in [1.54, 1.807) is 0 Å². The highest BCUT2D eigenvalue weighted by Gasteiger charge is 2.44. The summed E-state index contributed by atoms with van der Waals surface area (Å²) < 4.78 is 51.0. The van der Waals surface area contributed by atoms with E-state index >= 15 is 0 Å². The Morgan fingerprint density at radius 1 is 1.15 bits per heavy atom. The molecule has 1 heterocycles. The van der Waals surface area contributed by atoms with Crippen molar-refractivity contribution in [1.82, 2.24) is 5.32 Å². The van der Waals surface area contributed by atoms with Crippen molar-refractivity contribution >= 4 is 51.1 Å². The number of alkyl halides is 3. The summed E-state index contributed by atoms with van der Waals surface area (Å²) in [5, 5.41) is 1.87. The number of benzene rings is 2. The van der Waals surface area contributed by atoms with Crippen molar-refractivity contribution in [2.75, 3.05) is 0 Å². The van der Waals surface area contributed by atoms with Gasteiger partial charge in [-0.2, -0.15) is 18.2 Å². The fourth-order valence-electron chi connectivity index (χ4n) is 2.47. The number of hydrogen-bond acceptors (Lipinski definition) is 3. The molecule has 1 aliphatic heterocycles. The second-order valence-electron chi connectivity index (χ2n) is 5.69. The fourth-order valence-corrected chi connectivity index (χ4v) is 4.03. The van der Waals surface area contributed by atoms with E-state index in [1.165, 1.54) is 30.3 Å². The van der Waals surface area contributed by atoms with Crippen LogP contribution in [-0.4, -0.2) is 20.9 Å². The first-order valence-electron chi connectivity index (χ1n) is 7.56. The van der Waals surface area contributed by atoms with Crippen molar-refractivity contribution < 1.29 is 22.5 Å². The molecule has 1 amide bonds. The molecule has 1 aliphatic rings. The highest BCUT2D eigenvalue weighted by atomic mass is 35.5. The van der Waals surface area contributed by atoms with E-state index in [1.807, 2.05) is 0 Å². The van der Waals surface area contributed by atoms with Crippen LogP contribution in [0.25, 0.3) is 0 Å². The predicted molar refractivity (Wildman–Crippen MR) is 98.8 cm³/mol. The SMILES string of the molecule is O=C1N/C(=N\c2ccc(Cl)c(Cl)c2)[S+]([O-])C1Cc1cccc(C(F)(F)F)c1. The first kappa shape index (κ1) is 20.0. The zero-order valence-corrected chi connectivity index (χ0v) is 15.7. The first-order chi connectivity index (χ1) is 12.6. The van der Waals surface area contributed by atoms with Crippen LogP contribution < -0.4 is 5.32 Å². The molecule has 0 aliphatic carbocycles. The van der Waals surface area contributed by atoms with Crippen molar-refractivity contribution in [3.05, 3.63) is 63.6 Å². The maximum Gasteiger partial charge on any atom is 0.416 e. The third-order valence-corrected chi connectivity index (χ3v) is 5.99. The van der Waals surface area contributed by atoms with Crippen molar-refractivity contribution in [2.24, 2.45) is 4.99 Å². The van der Waals surface area contributed by atoms with Crippen molar-refractivity contribution in [3.63, 3.8) is 0 Å². The number of carbonyl (C=O) groups excluding carboxylic acids is 1. The number of carbonyl (C=O) groups is 1. The zero-order valence-electron chi connectivity index (χ0n) is 13.4. The van der Waals surface area contributed by atoms with Gasteiger partial charge in [-0.1, -0.05) is 41.4 Å². The second kappa shape index (κ2) is 7.71. The lowest BCUT2D eigenvalue weighted by atomic mass is 10.1. The van der Waals surface area contributed by atoms with E-state index < -0.39 is 34.1 Å². The van der Waals surface area contributed by atoms with Gasteiger partial charge in [0.25, 0.3) is 5.91 Å². The Balaban J connectivity index is 1.81. The van der Waals surface area contributed by atoms with Crippen LogP contribution in [0.4, 0.5) is 18.9 Å². The zero-order chi connectivity index (χ0) is 19.8. The lowest BCUT2D eigenvalue weighted by Crippen LogP contribution is -2.27. The Morgan fingerprint density at radius 2 is 1.89 bits per heavy atom. The van der Waals surface area contributed by atoms with E-state index in [0.717, 1.165) is 12.1 Å². The van der Waals surface area contributed by atoms with Crippen molar-refractivity contribution in [1.29, 1.82) is 0 Å².